The lowest BCUT2D eigenvalue weighted by Gasteiger charge is -2.49. The van der Waals surface area contributed by atoms with Gasteiger partial charge in [0.05, 0.1) is 5.60 Å². The van der Waals surface area contributed by atoms with E-state index < -0.39 is 5.60 Å². The number of carbonyl (C=O) groups is 1. The van der Waals surface area contributed by atoms with E-state index in [9.17, 15) is 9.90 Å². The number of ketones is 1. The van der Waals surface area contributed by atoms with E-state index in [1.54, 1.807) is 0 Å². The van der Waals surface area contributed by atoms with Crippen LogP contribution in [0.5, 0.6) is 0 Å². The van der Waals surface area contributed by atoms with Gasteiger partial charge in [-0.1, -0.05) is 19.9 Å². The summed E-state index contributed by atoms with van der Waals surface area (Å²) in [5.41, 5.74) is 0.234. The SMILES string of the molecule is CC1=C[C@H]2[C@@H](C(C)C)CC[C@@](C)(O)[C@H]2CC1=O. The molecule has 96 valence electrons. The highest BCUT2D eigenvalue weighted by atomic mass is 16.3. The zero-order valence-electron chi connectivity index (χ0n) is 11.4. The predicted octanol–water partition coefficient (Wildman–Crippen LogP) is 2.95. The number of hydrogen-bond donors (Lipinski definition) is 1. The molecule has 4 atom stereocenters. The first kappa shape index (κ1) is 12.8. The van der Waals surface area contributed by atoms with E-state index in [4.69, 9.17) is 0 Å². The van der Waals surface area contributed by atoms with Crippen LogP contribution in [-0.4, -0.2) is 16.5 Å². The van der Waals surface area contributed by atoms with Gasteiger partial charge in [0.15, 0.2) is 5.78 Å². The summed E-state index contributed by atoms with van der Waals surface area (Å²) in [5, 5.41) is 10.5. The Hall–Kier alpha value is -0.630. The van der Waals surface area contributed by atoms with Gasteiger partial charge in [0, 0.05) is 12.3 Å². The molecule has 1 N–H and O–H groups in total. The first-order valence-electron chi connectivity index (χ1n) is 6.77. The summed E-state index contributed by atoms with van der Waals surface area (Å²) in [6, 6.07) is 0. The van der Waals surface area contributed by atoms with Crippen molar-refractivity contribution in [2.75, 3.05) is 0 Å². The van der Waals surface area contributed by atoms with Gasteiger partial charge in [0.2, 0.25) is 0 Å². The monoisotopic (exact) mass is 236 g/mol. The fourth-order valence-corrected chi connectivity index (χ4v) is 3.67. The average Bonchev–Trinajstić information content (AvgIpc) is 2.20. The Morgan fingerprint density at radius 1 is 1.47 bits per heavy atom. The molecule has 0 aromatic heterocycles. The number of rotatable bonds is 1. The predicted molar refractivity (Wildman–Crippen MR) is 68.5 cm³/mol. The minimum Gasteiger partial charge on any atom is -0.390 e. The number of aliphatic hydroxyl groups is 1. The number of Topliss-reactive ketones (excluding diaryl/α,β-unsaturated/α-hetero) is 1. The van der Waals surface area contributed by atoms with Crippen LogP contribution in [0.4, 0.5) is 0 Å². The Morgan fingerprint density at radius 3 is 2.71 bits per heavy atom. The van der Waals surface area contributed by atoms with Crippen molar-refractivity contribution in [2.24, 2.45) is 23.7 Å². The van der Waals surface area contributed by atoms with Crippen LogP contribution < -0.4 is 0 Å². The molecule has 0 unspecified atom stereocenters. The molecule has 0 spiro atoms. The van der Waals surface area contributed by atoms with Gasteiger partial charge in [-0.05, 0) is 50.0 Å². The summed E-state index contributed by atoms with van der Waals surface area (Å²) in [4.78, 5) is 11.8. The Bertz CT molecular complexity index is 352. The molecule has 2 aliphatic rings. The van der Waals surface area contributed by atoms with Crippen molar-refractivity contribution >= 4 is 5.78 Å². The van der Waals surface area contributed by atoms with Crippen LogP contribution in [0.1, 0.15) is 47.0 Å². The summed E-state index contributed by atoms with van der Waals surface area (Å²) < 4.78 is 0. The molecule has 1 fully saturated rings. The highest BCUT2D eigenvalue weighted by Crippen LogP contribution is 2.48. The molecule has 0 amide bonds. The van der Waals surface area contributed by atoms with Crippen LogP contribution in [0.25, 0.3) is 0 Å². The van der Waals surface area contributed by atoms with Crippen molar-refractivity contribution in [1.82, 2.24) is 0 Å². The molecule has 2 aliphatic carbocycles. The average molecular weight is 236 g/mol. The summed E-state index contributed by atoms with van der Waals surface area (Å²) in [6.07, 6.45) is 4.57. The fraction of sp³-hybridized carbons (Fsp3) is 0.800. The van der Waals surface area contributed by atoms with Crippen molar-refractivity contribution in [3.63, 3.8) is 0 Å². The van der Waals surface area contributed by atoms with Gasteiger partial charge < -0.3 is 5.11 Å². The van der Waals surface area contributed by atoms with E-state index in [-0.39, 0.29) is 11.7 Å². The van der Waals surface area contributed by atoms with Crippen LogP contribution >= 0.6 is 0 Å². The van der Waals surface area contributed by atoms with Crippen molar-refractivity contribution in [3.05, 3.63) is 11.6 Å². The lowest BCUT2D eigenvalue weighted by atomic mass is 9.58. The lowest BCUT2D eigenvalue weighted by molar-refractivity contribution is -0.126. The van der Waals surface area contributed by atoms with Crippen molar-refractivity contribution in [3.8, 4) is 0 Å². The molecule has 0 saturated heterocycles. The van der Waals surface area contributed by atoms with Crippen LogP contribution in [0.15, 0.2) is 11.6 Å². The smallest absolute Gasteiger partial charge is 0.158 e. The van der Waals surface area contributed by atoms with Gasteiger partial charge in [-0.3, -0.25) is 4.79 Å². The second-order valence-corrected chi connectivity index (χ2v) is 6.46. The van der Waals surface area contributed by atoms with Crippen molar-refractivity contribution < 1.29 is 9.90 Å². The van der Waals surface area contributed by atoms with Gasteiger partial charge in [0.1, 0.15) is 0 Å². The molecule has 0 heterocycles. The molecule has 1 saturated carbocycles. The van der Waals surface area contributed by atoms with E-state index in [0.29, 0.717) is 24.2 Å². The molecule has 2 heteroatoms. The Labute approximate surface area is 104 Å². The molecule has 17 heavy (non-hydrogen) atoms. The standard InChI is InChI=1S/C15H24O2/c1-9(2)11-5-6-15(4,17)13-8-14(16)10(3)7-12(11)13/h7,9,11-13,17H,5-6,8H2,1-4H3/t11-,12+,13+,15-/m1/s1. The zero-order valence-corrected chi connectivity index (χ0v) is 11.4. The lowest BCUT2D eigenvalue weighted by Crippen LogP contribution is -2.49. The molecule has 0 radical (unpaired) electrons. The molecule has 2 nitrogen and oxygen atoms in total. The van der Waals surface area contributed by atoms with Crippen LogP contribution in [0.2, 0.25) is 0 Å². The Balaban J connectivity index is 2.35. The summed E-state index contributed by atoms with van der Waals surface area (Å²) in [5.74, 6) is 1.96. The van der Waals surface area contributed by atoms with Gasteiger partial charge in [0.25, 0.3) is 0 Å². The number of carbonyl (C=O) groups excluding carboxylic acids is 1. The molecular weight excluding hydrogens is 212 g/mol. The molecule has 0 aliphatic heterocycles. The maximum atomic E-state index is 11.8. The maximum absolute atomic E-state index is 11.8. The minimum absolute atomic E-state index is 0.125. The van der Waals surface area contributed by atoms with Crippen molar-refractivity contribution in [2.45, 2.75) is 52.6 Å². The minimum atomic E-state index is -0.664. The highest BCUT2D eigenvalue weighted by Gasteiger charge is 2.47. The van der Waals surface area contributed by atoms with Crippen LogP contribution in [0, 0.1) is 23.7 Å². The highest BCUT2D eigenvalue weighted by molar-refractivity contribution is 5.95. The molecular formula is C15H24O2. The van der Waals surface area contributed by atoms with Gasteiger partial charge in [-0.2, -0.15) is 0 Å². The third kappa shape index (κ3) is 2.20. The van der Waals surface area contributed by atoms with Gasteiger partial charge >= 0.3 is 0 Å². The van der Waals surface area contributed by atoms with Crippen molar-refractivity contribution in [1.29, 1.82) is 0 Å². The second-order valence-electron chi connectivity index (χ2n) is 6.46. The Kier molecular flexibility index (Phi) is 3.19. The largest absolute Gasteiger partial charge is 0.390 e. The van der Waals surface area contributed by atoms with E-state index in [1.807, 2.05) is 13.8 Å². The zero-order chi connectivity index (χ0) is 12.8. The first-order chi connectivity index (χ1) is 7.83. The van der Waals surface area contributed by atoms with E-state index >= 15 is 0 Å². The van der Waals surface area contributed by atoms with Crippen LogP contribution in [-0.2, 0) is 4.79 Å². The Morgan fingerprint density at radius 2 is 2.12 bits per heavy atom. The van der Waals surface area contributed by atoms with E-state index in [2.05, 4.69) is 19.9 Å². The summed E-state index contributed by atoms with van der Waals surface area (Å²) in [6.45, 7) is 8.32. The fourth-order valence-electron chi connectivity index (χ4n) is 3.67. The topological polar surface area (TPSA) is 37.3 Å². The number of allylic oxidation sites excluding steroid dienone is 2. The first-order valence-corrected chi connectivity index (χ1v) is 6.77. The maximum Gasteiger partial charge on any atom is 0.158 e. The summed E-state index contributed by atoms with van der Waals surface area (Å²) >= 11 is 0. The van der Waals surface area contributed by atoms with E-state index in [1.165, 1.54) is 0 Å². The molecule has 0 aromatic rings. The van der Waals surface area contributed by atoms with Gasteiger partial charge in [-0.25, -0.2) is 0 Å². The van der Waals surface area contributed by atoms with E-state index in [0.717, 1.165) is 18.4 Å². The number of fused-ring (bicyclic) bond motifs is 1. The normalized spacial score (nSPS) is 42.4. The quantitative estimate of drug-likeness (QED) is 0.760. The second kappa shape index (κ2) is 4.24. The van der Waals surface area contributed by atoms with Gasteiger partial charge in [-0.15, -0.1) is 0 Å². The molecule has 0 bridgehead atoms. The summed E-state index contributed by atoms with van der Waals surface area (Å²) in [7, 11) is 0. The third-order valence-corrected chi connectivity index (χ3v) is 4.89. The molecule has 0 aromatic carbocycles. The number of hydrogen-bond acceptors (Lipinski definition) is 2. The van der Waals surface area contributed by atoms with Crippen LogP contribution in [0.3, 0.4) is 0 Å². The molecule has 2 rings (SSSR count). The third-order valence-electron chi connectivity index (χ3n) is 4.89.